The lowest BCUT2D eigenvalue weighted by atomic mass is 10.2. The van der Waals surface area contributed by atoms with E-state index in [1.54, 1.807) is 0 Å². The molecule has 1 aliphatic heterocycles. The van der Waals surface area contributed by atoms with E-state index in [0.717, 1.165) is 39.1 Å². The van der Waals surface area contributed by atoms with E-state index in [-0.39, 0.29) is 0 Å². The first-order valence-electron chi connectivity index (χ1n) is 8.09. The standard InChI is InChI=1S/C17H25N3O/c21-17(14-19-11-4-9-18-10-12-19)20(16-7-8-16)13-15-5-2-1-3-6-15/h1-3,5-6,16,18H,4,7-14H2. The lowest BCUT2D eigenvalue weighted by Gasteiger charge is -2.26. The molecule has 1 aliphatic carbocycles. The zero-order chi connectivity index (χ0) is 14.5. The maximum Gasteiger partial charge on any atom is 0.237 e. The monoisotopic (exact) mass is 287 g/mol. The molecular weight excluding hydrogens is 262 g/mol. The Kier molecular flexibility index (Phi) is 4.88. The molecule has 3 rings (SSSR count). The van der Waals surface area contributed by atoms with Gasteiger partial charge in [-0.05, 0) is 37.9 Å². The molecule has 0 unspecified atom stereocenters. The van der Waals surface area contributed by atoms with E-state index in [1.165, 1.54) is 18.4 Å². The number of carbonyl (C=O) groups excluding carboxylic acids is 1. The average molecular weight is 287 g/mol. The van der Waals surface area contributed by atoms with Crippen molar-refractivity contribution in [2.45, 2.75) is 31.8 Å². The molecule has 1 saturated carbocycles. The van der Waals surface area contributed by atoms with Crippen LogP contribution in [-0.2, 0) is 11.3 Å². The summed E-state index contributed by atoms with van der Waals surface area (Å²) in [6, 6.07) is 10.8. The van der Waals surface area contributed by atoms with Crippen LogP contribution in [0.1, 0.15) is 24.8 Å². The highest BCUT2D eigenvalue weighted by Crippen LogP contribution is 2.28. The van der Waals surface area contributed by atoms with Crippen LogP contribution in [0, 0.1) is 0 Å². The lowest BCUT2D eigenvalue weighted by Crippen LogP contribution is -2.42. The van der Waals surface area contributed by atoms with Gasteiger partial charge in [-0.25, -0.2) is 0 Å². The normalized spacial score (nSPS) is 20.0. The highest BCUT2D eigenvalue weighted by atomic mass is 16.2. The lowest BCUT2D eigenvalue weighted by molar-refractivity contribution is -0.133. The zero-order valence-corrected chi connectivity index (χ0v) is 12.6. The fraction of sp³-hybridized carbons (Fsp3) is 0.588. The van der Waals surface area contributed by atoms with Crippen LogP contribution in [0.15, 0.2) is 30.3 Å². The number of rotatable bonds is 5. The molecule has 114 valence electrons. The van der Waals surface area contributed by atoms with Gasteiger partial charge in [0.25, 0.3) is 0 Å². The highest BCUT2D eigenvalue weighted by Gasteiger charge is 2.33. The van der Waals surface area contributed by atoms with Gasteiger partial charge in [-0.15, -0.1) is 0 Å². The maximum absolute atomic E-state index is 12.7. The van der Waals surface area contributed by atoms with Crippen molar-refractivity contribution in [1.29, 1.82) is 0 Å². The third-order valence-electron chi connectivity index (χ3n) is 4.30. The summed E-state index contributed by atoms with van der Waals surface area (Å²) in [6.07, 6.45) is 3.47. The van der Waals surface area contributed by atoms with Gasteiger partial charge in [0, 0.05) is 25.7 Å². The van der Waals surface area contributed by atoms with E-state index in [2.05, 4.69) is 27.2 Å². The second kappa shape index (κ2) is 7.05. The van der Waals surface area contributed by atoms with Gasteiger partial charge in [-0.2, -0.15) is 0 Å². The Balaban J connectivity index is 1.59. The Labute approximate surface area is 127 Å². The number of nitrogens with one attached hydrogen (secondary N) is 1. The Morgan fingerprint density at radius 3 is 2.76 bits per heavy atom. The van der Waals surface area contributed by atoms with Crippen LogP contribution >= 0.6 is 0 Å². The molecule has 1 amide bonds. The topological polar surface area (TPSA) is 35.6 Å². The Morgan fingerprint density at radius 1 is 1.19 bits per heavy atom. The fourth-order valence-corrected chi connectivity index (χ4v) is 2.93. The largest absolute Gasteiger partial charge is 0.334 e. The first-order valence-corrected chi connectivity index (χ1v) is 8.09. The molecule has 4 heteroatoms. The number of nitrogens with zero attached hydrogens (tertiary/aromatic N) is 2. The van der Waals surface area contributed by atoms with Crippen LogP contribution in [-0.4, -0.2) is 54.5 Å². The average Bonchev–Trinajstić information content (AvgIpc) is 3.33. The van der Waals surface area contributed by atoms with Gasteiger partial charge in [0.15, 0.2) is 0 Å². The van der Waals surface area contributed by atoms with Gasteiger partial charge in [-0.3, -0.25) is 9.69 Å². The molecule has 1 aromatic rings. The van der Waals surface area contributed by atoms with Crippen molar-refractivity contribution in [1.82, 2.24) is 15.1 Å². The van der Waals surface area contributed by atoms with E-state index in [1.807, 2.05) is 18.2 Å². The number of carbonyl (C=O) groups is 1. The van der Waals surface area contributed by atoms with Crippen LogP contribution in [0.3, 0.4) is 0 Å². The molecule has 1 N–H and O–H groups in total. The van der Waals surface area contributed by atoms with E-state index in [0.29, 0.717) is 18.5 Å². The predicted octanol–water partition coefficient (Wildman–Crippen LogP) is 1.47. The summed E-state index contributed by atoms with van der Waals surface area (Å²) in [5, 5.41) is 3.39. The highest BCUT2D eigenvalue weighted by molar-refractivity contribution is 5.79. The number of benzene rings is 1. The smallest absolute Gasteiger partial charge is 0.237 e. The maximum atomic E-state index is 12.7. The van der Waals surface area contributed by atoms with Gasteiger partial charge in [-0.1, -0.05) is 30.3 Å². The molecule has 4 nitrogen and oxygen atoms in total. The van der Waals surface area contributed by atoms with Crippen molar-refractivity contribution in [3.8, 4) is 0 Å². The van der Waals surface area contributed by atoms with Crippen LogP contribution in [0.5, 0.6) is 0 Å². The molecule has 1 aromatic carbocycles. The number of hydrogen-bond donors (Lipinski definition) is 1. The molecule has 1 saturated heterocycles. The van der Waals surface area contributed by atoms with Crippen molar-refractivity contribution in [3.63, 3.8) is 0 Å². The van der Waals surface area contributed by atoms with Crippen molar-refractivity contribution >= 4 is 5.91 Å². The van der Waals surface area contributed by atoms with Crippen molar-refractivity contribution in [2.75, 3.05) is 32.7 Å². The first kappa shape index (κ1) is 14.5. The molecule has 2 aliphatic rings. The van der Waals surface area contributed by atoms with E-state index >= 15 is 0 Å². The predicted molar refractivity (Wildman–Crippen MR) is 83.9 cm³/mol. The van der Waals surface area contributed by atoms with Gasteiger partial charge in [0.05, 0.1) is 6.54 Å². The summed E-state index contributed by atoms with van der Waals surface area (Å²) in [6.45, 7) is 5.41. The van der Waals surface area contributed by atoms with Gasteiger partial charge < -0.3 is 10.2 Å². The van der Waals surface area contributed by atoms with Crippen LogP contribution < -0.4 is 5.32 Å². The Bertz CT molecular complexity index is 450. The van der Waals surface area contributed by atoms with Gasteiger partial charge in [0.1, 0.15) is 0 Å². The van der Waals surface area contributed by atoms with Crippen molar-refractivity contribution in [2.24, 2.45) is 0 Å². The first-order chi connectivity index (χ1) is 10.3. The molecule has 0 spiro atoms. The fourth-order valence-electron chi connectivity index (χ4n) is 2.93. The van der Waals surface area contributed by atoms with Crippen LogP contribution in [0.25, 0.3) is 0 Å². The van der Waals surface area contributed by atoms with E-state index < -0.39 is 0 Å². The summed E-state index contributed by atoms with van der Waals surface area (Å²) in [5.74, 6) is 0.295. The molecule has 2 fully saturated rings. The zero-order valence-electron chi connectivity index (χ0n) is 12.6. The molecule has 1 heterocycles. The second-order valence-electron chi connectivity index (χ2n) is 6.12. The number of hydrogen-bond acceptors (Lipinski definition) is 3. The van der Waals surface area contributed by atoms with Crippen LogP contribution in [0.4, 0.5) is 0 Å². The third kappa shape index (κ3) is 4.29. The summed E-state index contributed by atoms with van der Waals surface area (Å²) < 4.78 is 0. The van der Waals surface area contributed by atoms with Gasteiger partial charge in [0.2, 0.25) is 5.91 Å². The SMILES string of the molecule is O=C(CN1CCCNCC1)N(Cc1ccccc1)C1CC1. The van der Waals surface area contributed by atoms with E-state index in [4.69, 9.17) is 0 Å². The summed E-state index contributed by atoms with van der Waals surface area (Å²) >= 11 is 0. The third-order valence-corrected chi connectivity index (χ3v) is 4.30. The van der Waals surface area contributed by atoms with Crippen LogP contribution in [0.2, 0.25) is 0 Å². The van der Waals surface area contributed by atoms with Crippen molar-refractivity contribution in [3.05, 3.63) is 35.9 Å². The summed E-state index contributed by atoms with van der Waals surface area (Å²) in [5.41, 5.74) is 1.23. The van der Waals surface area contributed by atoms with E-state index in [9.17, 15) is 4.79 Å². The minimum Gasteiger partial charge on any atom is -0.334 e. The molecule has 0 bridgehead atoms. The molecule has 0 atom stereocenters. The summed E-state index contributed by atoms with van der Waals surface area (Å²) in [4.78, 5) is 17.1. The number of amides is 1. The second-order valence-corrected chi connectivity index (χ2v) is 6.12. The molecular formula is C17H25N3O. The Morgan fingerprint density at radius 2 is 2.00 bits per heavy atom. The van der Waals surface area contributed by atoms with Gasteiger partial charge >= 0.3 is 0 Å². The molecule has 0 aromatic heterocycles. The minimum absolute atomic E-state index is 0.295. The molecule has 0 radical (unpaired) electrons. The Hall–Kier alpha value is -1.39. The quantitative estimate of drug-likeness (QED) is 0.891. The molecule has 21 heavy (non-hydrogen) atoms. The van der Waals surface area contributed by atoms with Crippen molar-refractivity contribution < 1.29 is 4.79 Å². The summed E-state index contributed by atoms with van der Waals surface area (Å²) in [7, 11) is 0. The minimum atomic E-state index is 0.295.